The number of alkyl halides is 3. The van der Waals surface area contributed by atoms with Crippen molar-refractivity contribution in [3.8, 4) is 27.6 Å². The first-order valence-electron chi connectivity index (χ1n) is 9.96. The molecule has 0 amide bonds. The zero-order valence-electron chi connectivity index (χ0n) is 17.2. The number of rotatable bonds is 7. The molecule has 1 aliphatic heterocycles. The van der Waals surface area contributed by atoms with Crippen molar-refractivity contribution in [3.63, 3.8) is 0 Å². The second-order valence-electron chi connectivity index (χ2n) is 7.14. The molecule has 8 nitrogen and oxygen atoms in total. The molecule has 0 radical (unpaired) electrons. The Labute approximate surface area is 190 Å². The highest BCUT2D eigenvalue weighted by Crippen LogP contribution is 2.39. The van der Waals surface area contributed by atoms with E-state index >= 15 is 0 Å². The van der Waals surface area contributed by atoms with Crippen LogP contribution in [0, 0.1) is 0 Å². The van der Waals surface area contributed by atoms with E-state index in [1.54, 1.807) is 0 Å². The molecule has 1 aliphatic rings. The number of thiazole rings is 1. The third-order valence-electron chi connectivity index (χ3n) is 4.98. The van der Waals surface area contributed by atoms with Gasteiger partial charge in [-0.25, -0.2) is 14.8 Å². The second-order valence-corrected chi connectivity index (χ2v) is 8.00. The van der Waals surface area contributed by atoms with Crippen molar-refractivity contribution in [2.45, 2.75) is 6.18 Å². The minimum absolute atomic E-state index is 0.0875. The number of carboxylic acids is 1. The van der Waals surface area contributed by atoms with Gasteiger partial charge in [0.25, 0.3) is 0 Å². The van der Waals surface area contributed by atoms with Gasteiger partial charge in [-0.05, 0) is 12.1 Å². The normalized spacial score (nSPS) is 14.9. The Morgan fingerprint density at radius 3 is 2.70 bits per heavy atom. The molecule has 4 heterocycles. The zero-order chi connectivity index (χ0) is 23.4. The second kappa shape index (κ2) is 9.81. The lowest BCUT2D eigenvalue weighted by Gasteiger charge is -2.26. The molecule has 3 aromatic heterocycles. The van der Waals surface area contributed by atoms with Gasteiger partial charge in [-0.3, -0.25) is 9.88 Å². The minimum atomic E-state index is -4.57. The van der Waals surface area contributed by atoms with Gasteiger partial charge in [-0.2, -0.15) is 13.2 Å². The van der Waals surface area contributed by atoms with Crippen LogP contribution in [0.4, 0.5) is 13.2 Å². The maximum absolute atomic E-state index is 13.1. The van der Waals surface area contributed by atoms with Gasteiger partial charge in [0.05, 0.1) is 18.8 Å². The molecule has 12 heteroatoms. The molecule has 3 aromatic rings. The summed E-state index contributed by atoms with van der Waals surface area (Å²) in [6, 6.07) is 2.90. The van der Waals surface area contributed by atoms with E-state index in [1.165, 1.54) is 30.7 Å². The highest BCUT2D eigenvalue weighted by atomic mass is 32.1. The first kappa shape index (κ1) is 23.1. The van der Waals surface area contributed by atoms with Crippen LogP contribution in [0.3, 0.4) is 0 Å². The fourth-order valence-electron chi connectivity index (χ4n) is 3.30. The first-order chi connectivity index (χ1) is 15.8. The summed E-state index contributed by atoms with van der Waals surface area (Å²) in [5, 5.41) is 10.5. The molecule has 0 unspecified atom stereocenters. The third kappa shape index (κ3) is 5.46. The van der Waals surface area contributed by atoms with E-state index in [1.807, 2.05) is 0 Å². The number of nitrogens with zero attached hydrogens (tertiary/aromatic N) is 4. The lowest BCUT2D eigenvalue weighted by atomic mass is 10.0. The maximum Gasteiger partial charge on any atom is 0.434 e. The SMILES string of the molecule is O=C(O)c1cnc(OCCN2CCOCC2)c(-c2cnccc2-c2nc(C(F)(F)F)cs2)c1. The number of morpholine rings is 1. The molecule has 1 saturated heterocycles. The number of carbonyl (C=O) groups is 1. The van der Waals surface area contributed by atoms with Crippen molar-refractivity contribution in [3.05, 3.63) is 47.4 Å². The number of hydrogen-bond donors (Lipinski definition) is 1. The van der Waals surface area contributed by atoms with Crippen LogP contribution in [0.15, 0.2) is 36.1 Å². The lowest BCUT2D eigenvalue weighted by molar-refractivity contribution is -0.140. The summed E-state index contributed by atoms with van der Waals surface area (Å²) in [7, 11) is 0. The van der Waals surface area contributed by atoms with Crippen molar-refractivity contribution < 1.29 is 32.5 Å². The zero-order valence-corrected chi connectivity index (χ0v) is 18.0. The van der Waals surface area contributed by atoms with E-state index in [-0.39, 0.29) is 23.1 Å². The van der Waals surface area contributed by atoms with E-state index in [0.717, 1.165) is 29.8 Å². The Kier molecular flexibility index (Phi) is 6.86. The summed E-state index contributed by atoms with van der Waals surface area (Å²) in [6.45, 7) is 3.75. The molecule has 33 heavy (non-hydrogen) atoms. The topological polar surface area (TPSA) is 97.7 Å². The highest BCUT2D eigenvalue weighted by molar-refractivity contribution is 7.13. The van der Waals surface area contributed by atoms with E-state index in [4.69, 9.17) is 9.47 Å². The van der Waals surface area contributed by atoms with Gasteiger partial charge in [-0.1, -0.05) is 0 Å². The van der Waals surface area contributed by atoms with Crippen LogP contribution in [0.2, 0.25) is 0 Å². The van der Waals surface area contributed by atoms with Crippen LogP contribution < -0.4 is 4.74 Å². The Balaban J connectivity index is 1.68. The number of pyridine rings is 2. The molecule has 174 valence electrons. The smallest absolute Gasteiger partial charge is 0.434 e. The van der Waals surface area contributed by atoms with Crippen molar-refractivity contribution in [1.29, 1.82) is 0 Å². The fourth-order valence-corrected chi connectivity index (χ4v) is 4.16. The Hall–Kier alpha value is -3.09. The molecule has 1 N–H and O–H groups in total. The third-order valence-corrected chi connectivity index (χ3v) is 5.86. The average molecular weight is 480 g/mol. The molecule has 0 aromatic carbocycles. The van der Waals surface area contributed by atoms with Crippen LogP contribution in [-0.2, 0) is 10.9 Å². The molecule has 0 spiro atoms. The van der Waals surface area contributed by atoms with Crippen LogP contribution in [-0.4, -0.2) is 70.4 Å². The average Bonchev–Trinajstić information content (AvgIpc) is 3.31. The minimum Gasteiger partial charge on any atom is -0.478 e. The monoisotopic (exact) mass is 480 g/mol. The Morgan fingerprint density at radius 2 is 2.00 bits per heavy atom. The number of carboxylic acid groups (broad SMARTS) is 1. The number of ether oxygens (including phenoxy) is 2. The van der Waals surface area contributed by atoms with E-state index in [0.29, 0.717) is 36.4 Å². The summed E-state index contributed by atoms with van der Waals surface area (Å²) in [4.78, 5) is 25.7. The quantitative estimate of drug-likeness (QED) is 0.547. The summed E-state index contributed by atoms with van der Waals surface area (Å²) < 4.78 is 50.4. The van der Waals surface area contributed by atoms with Gasteiger partial charge < -0.3 is 14.6 Å². The van der Waals surface area contributed by atoms with E-state index < -0.39 is 17.8 Å². The lowest BCUT2D eigenvalue weighted by Crippen LogP contribution is -2.38. The van der Waals surface area contributed by atoms with Gasteiger partial charge >= 0.3 is 12.1 Å². The molecule has 0 aliphatic carbocycles. The molecular weight excluding hydrogens is 461 g/mol. The van der Waals surface area contributed by atoms with Crippen LogP contribution in [0.1, 0.15) is 16.1 Å². The molecule has 4 rings (SSSR count). The van der Waals surface area contributed by atoms with Gasteiger partial charge in [-0.15, -0.1) is 11.3 Å². The Bertz CT molecular complexity index is 1130. The van der Waals surface area contributed by atoms with Crippen LogP contribution in [0.25, 0.3) is 21.7 Å². The summed E-state index contributed by atoms with van der Waals surface area (Å²) in [6.07, 6.45) is -0.528. The Morgan fingerprint density at radius 1 is 1.21 bits per heavy atom. The summed E-state index contributed by atoms with van der Waals surface area (Å²) >= 11 is 0.836. The summed E-state index contributed by atoms with van der Waals surface area (Å²) in [5.74, 6) is -1.03. The largest absolute Gasteiger partial charge is 0.478 e. The molecular formula is C21H19F3N4O4S. The molecule has 0 bridgehead atoms. The van der Waals surface area contributed by atoms with Gasteiger partial charge in [0.15, 0.2) is 5.69 Å². The van der Waals surface area contributed by atoms with Crippen molar-refractivity contribution in [2.24, 2.45) is 0 Å². The van der Waals surface area contributed by atoms with Crippen molar-refractivity contribution >= 4 is 17.3 Å². The number of aromatic carboxylic acids is 1. The highest BCUT2D eigenvalue weighted by Gasteiger charge is 2.34. The van der Waals surface area contributed by atoms with Crippen LogP contribution in [0.5, 0.6) is 5.88 Å². The van der Waals surface area contributed by atoms with Crippen molar-refractivity contribution in [2.75, 3.05) is 39.5 Å². The van der Waals surface area contributed by atoms with E-state index in [2.05, 4.69) is 19.9 Å². The van der Waals surface area contributed by atoms with Crippen LogP contribution >= 0.6 is 11.3 Å². The standard InChI is InChI=1S/C21H19F3N4O4S/c22-21(23,24)17-12-33-19(27-17)14-1-2-25-11-16(14)15-9-13(20(29)30)10-26-18(15)32-8-5-28-3-6-31-7-4-28/h1-2,9-12H,3-8H2,(H,29,30). The predicted molar refractivity (Wildman–Crippen MR) is 113 cm³/mol. The van der Waals surface area contributed by atoms with E-state index in [9.17, 15) is 23.1 Å². The van der Waals surface area contributed by atoms with Gasteiger partial charge in [0.1, 0.15) is 11.6 Å². The number of hydrogen-bond acceptors (Lipinski definition) is 8. The molecule has 0 saturated carbocycles. The maximum atomic E-state index is 13.1. The molecule has 1 fully saturated rings. The molecule has 0 atom stereocenters. The van der Waals surface area contributed by atoms with Crippen molar-refractivity contribution in [1.82, 2.24) is 19.9 Å². The van der Waals surface area contributed by atoms with Gasteiger partial charge in [0.2, 0.25) is 5.88 Å². The number of aromatic nitrogens is 3. The predicted octanol–water partition coefficient (Wildman–Crippen LogP) is 3.70. The number of halogens is 3. The summed E-state index contributed by atoms with van der Waals surface area (Å²) in [5.41, 5.74) is -0.0331. The fraction of sp³-hybridized carbons (Fsp3) is 0.333. The first-order valence-corrected chi connectivity index (χ1v) is 10.8. The van der Waals surface area contributed by atoms with Gasteiger partial charge in [0, 0.05) is 60.3 Å².